The number of benzene rings is 2. The van der Waals surface area contributed by atoms with Crippen molar-refractivity contribution in [1.82, 2.24) is 9.78 Å². The van der Waals surface area contributed by atoms with Gasteiger partial charge in [0, 0.05) is 18.6 Å². The number of hydrogen-bond donors (Lipinski definition) is 1. The van der Waals surface area contributed by atoms with Gasteiger partial charge in [-0.2, -0.15) is 5.10 Å². The number of nitrogens with zero attached hydrogens (tertiary/aromatic N) is 4. The van der Waals surface area contributed by atoms with Gasteiger partial charge in [-0.3, -0.25) is 29.7 Å². The van der Waals surface area contributed by atoms with E-state index in [0.717, 1.165) is 6.20 Å². The number of carbonyl (C=O) groups is 1. The number of anilines is 1. The van der Waals surface area contributed by atoms with E-state index in [1.165, 1.54) is 36.9 Å². The lowest BCUT2D eigenvalue weighted by atomic mass is 10.2. The number of non-ortho nitro benzene ring substituents is 1. The molecule has 12 nitrogen and oxygen atoms in total. The molecule has 0 aliphatic heterocycles. The summed E-state index contributed by atoms with van der Waals surface area (Å²) in [5.74, 6) is 0.473. The summed E-state index contributed by atoms with van der Waals surface area (Å²) in [6.07, 6.45) is 1.07. The van der Waals surface area contributed by atoms with Crippen LogP contribution in [-0.4, -0.2) is 32.6 Å². The molecule has 2 aromatic carbocycles. The highest BCUT2D eigenvalue weighted by Crippen LogP contribution is 2.34. The Morgan fingerprint density at radius 2 is 1.84 bits per heavy atom. The number of rotatable bonds is 9. The molecule has 0 spiro atoms. The van der Waals surface area contributed by atoms with E-state index in [4.69, 9.17) is 9.47 Å². The van der Waals surface area contributed by atoms with Crippen LogP contribution in [0.4, 0.5) is 17.1 Å². The van der Waals surface area contributed by atoms with Crippen molar-refractivity contribution in [3.8, 4) is 17.2 Å². The summed E-state index contributed by atoms with van der Waals surface area (Å²) in [7, 11) is 1.47. The molecule has 0 saturated carbocycles. The number of nitro benzene ring substituents is 1. The molecular weight excluding hydrogens is 422 g/mol. The van der Waals surface area contributed by atoms with Crippen LogP contribution >= 0.6 is 0 Å². The smallest absolute Gasteiger partial charge is 0.309 e. The molecule has 0 unspecified atom stereocenters. The van der Waals surface area contributed by atoms with E-state index >= 15 is 0 Å². The van der Waals surface area contributed by atoms with Gasteiger partial charge < -0.3 is 14.8 Å². The molecule has 0 aliphatic rings. The number of nitro groups is 2. The average Bonchev–Trinajstić information content (AvgIpc) is 3.13. The molecule has 0 radical (unpaired) electrons. The Kier molecular flexibility index (Phi) is 6.63. The second-order valence-electron chi connectivity index (χ2n) is 6.62. The third-order valence-electron chi connectivity index (χ3n) is 4.51. The highest BCUT2D eigenvalue weighted by Gasteiger charge is 2.18. The Bertz CT molecular complexity index is 1170. The van der Waals surface area contributed by atoms with Crippen LogP contribution in [0, 0.1) is 27.2 Å². The predicted molar refractivity (Wildman–Crippen MR) is 113 cm³/mol. The van der Waals surface area contributed by atoms with E-state index in [1.807, 2.05) is 0 Å². The quantitative estimate of drug-likeness (QED) is 0.388. The molecule has 1 amide bonds. The molecule has 1 aromatic heterocycles. The summed E-state index contributed by atoms with van der Waals surface area (Å²) in [6.45, 7) is 1.63. The summed E-state index contributed by atoms with van der Waals surface area (Å²) >= 11 is 0. The van der Waals surface area contributed by atoms with Crippen LogP contribution in [0.15, 0.2) is 48.7 Å². The number of nitrogens with one attached hydrogen (secondary N) is 1. The number of aryl methyl sites for hydroxylation is 1. The van der Waals surface area contributed by atoms with Crippen LogP contribution in [0.2, 0.25) is 0 Å². The average molecular weight is 441 g/mol. The van der Waals surface area contributed by atoms with Crippen molar-refractivity contribution in [2.24, 2.45) is 0 Å². The number of aromatic nitrogens is 2. The molecule has 0 saturated heterocycles. The second kappa shape index (κ2) is 9.55. The van der Waals surface area contributed by atoms with E-state index in [2.05, 4.69) is 10.4 Å². The van der Waals surface area contributed by atoms with Gasteiger partial charge >= 0.3 is 5.69 Å². The van der Waals surface area contributed by atoms with Crippen LogP contribution in [0.5, 0.6) is 17.2 Å². The molecule has 0 atom stereocenters. The Balaban J connectivity index is 1.74. The molecule has 0 aliphatic carbocycles. The maximum absolute atomic E-state index is 12.4. The van der Waals surface area contributed by atoms with Gasteiger partial charge in [-0.1, -0.05) is 12.1 Å². The van der Waals surface area contributed by atoms with Gasteiger partial charge in [-0.25, -0.2) is 0 Å². The van der Waals surface area contributed by atoms with Crippen molar-refractivity contribution in [1.29, 1.82) is 0 Å². The fraction of sp³-hybridized carbons (Fsp3) is 0.200. The van der Waals surface area contributed by atoms with Gasteiger partial charge in [0.2, 0.25) is 5.91 Å². The number of hydrogen-bond acceptors (Lipinski definition) is 8. The molecule has 32 heavy (non-hydrogen) atoms. The molecule has 166 valence electrons. The Labute approximate surface area is 181 Å². The van der Waals surface area contributed by atoms with Crippen LogP contribution in [-0.2, 0) is 11.3 Å². The molecule has 12 heteroatoms. The maximum Gasteiger partial charge on any atom is 0.309 e. The zero-order valence-corrected chi connectivity index (χ0v) is 17.2. The molecule has 1 heterocycles. The van der Waals surface area contributed by atoms with E-state index in [0.29, 0.717) is 17.2 Å². The van der Waals surface area contributed by atoms with Crippen LogP contribution in [0.1, 0.15) is 12.1 Å². The minimum absolute atomic E-state index is 0.0505. The Morgan fingerprint density at radius 1 is 1.12 bits per heavy atom. The third kappa shape index (κ3) is 5.16. The molecule has 0 fully saturated rings. The van der Waals surface area contributed by atoms with E-state index in [1.54, 1.807) is 24.3 Å². The molecule has 3 aromatic rings. The lowest BCUT2D eigenvalue weighted by Crippen LogP contribution is -2.15. The summed E-state index contributed by atoms with van der Waals surface area (Å²) in [5, 5.41) is 28.7. The van der Waals surface area contributed by atoms with Crippen molar-refractivity contribution >= 4 is 23.0 Å². The largest absolute Gasteiger partial charge is 0.493 e. The number of ether oxygens (including phenoxy) is 2. The first-order valence-corrected chi connectivity index (χ1v) is 9.35. The van der Waals surface area contributed by atoms with Gasteiger partial charge in [-0.15, -0.1) is 0 Å². The van der Waals surface area contributed by atoms with Crippen molar-refractivity contribution in [2.75, 3.05) is 12.4 Å². The minimum Gasteiger partial charge on any atom is -0.493 e. The summed E-state index contributed by atoms with van der Waals surface area (Å²) < 4.78 is 12.3. The normalized spacial score (nSPS) is 10.4. The van der Waals surface area contributed by atoms with Gasteiger partial charge in [0.05, 0.1) is 35.3 Å². The van der Waals surface area contributed by atoms with Gasteiger partial charge in [0.15, 0.2) is 11.5 Å². The molecule has 1 N–H and O–H groups in total. The van der Waals surface area contributed by atoms with E-state index in [-0.39, 0.29) is 35.8 Å². The van der Waals surface area contributed by atoms with Crippen LogP contribution in [0.25, 0.3) is 0 Å². The SMILES string of the molecule is COc1ccccc1Oc1cc(NC(=O)CCn2ncc([N+](=O)[O-])c2C)cc([N+](=O)[O-])c1. The first-order chi connectivity index (χ1) is 15.3. The molecule has 0 bridgehead atoms. The maximum atomic E-state index is 12.4. The highest BCUT2D eigenvalue weighted by molar-refractivity contribution is 5.91. The fourth-order valence-corrected chi connectivity index (χ4v) is 2.92. The standard InChI is InChI=1S/C20H19N5O7/c1-13-17(25(29)30)12-21-23(13)8-7-20(26)22-14-9-15(24(27)28)11-16(10-14)32-19-6-4-3-5-18(19)31-2/h3-6,9-12H,7-8H2,1-2H3,(H,22,26). The molecular formula is C20H19N5O7. The van der Waals surface area contributed by atoms with Crippen molar-refractivity contribution in [3.05, 3.63) is 74.6 Å². The molecule has 3 rings (SSSR count). The number of para-hydroxylation sites is 2. The third-order valence-corrected chi connectivity index (χ3v) is 4.51. The van der Waals surface area contributed by atoms with Crippen LogP contribution in [0.3, 0.4) is 0 Å². The first-order valence-electron chi connectivity index (χ1n) is 9.35. The topological polar surface area (TPSA) is 152 Å². The Hall–Kier alpha value is -4.48. The monoisotopic (exact) mass is 441 g/mol. The second-order valence-corrected chi connectivity index (χ2v) is 6.62. The first kappa shape index (κ1) is 22.2. The number of methoxy groups -OCH3 is 1. The lowest BCUT2D eigenvalue weighted by molar-refractivity contribution is -0.385. The van der Waals surface area contributed by atoms with Crippen molar-refractivity contribution < 1.29 is 24.1 Å². The minimum atomic E-state index is -0.600. The van der Waals surface area contributed by atoms with E-state index in [9.17, 15) is 25.0 Å². The van der Waals surface area contributed by atoms with Gasteiger partial charge in [-0.05, 0) is 19.1 Å². The predicted octanol–water partition coefficient (Wildman–Crippen LogP) is 3.84. The summed E-state index contributed by atoms with van der Waals surface area (Å²) in [5.41, 5.74) is 0.0800. The zero-order valence-electron chi connectivity index (χ0n) is 17.2. The van der Waals surface area contributed by atoms with Gasteiger partial charge in [0.1, 0.15) is 17.6 Å². The van der Waals surface area contributed by atoms with Gasteiger partial charge in [0.25, 0.3) is 5.69 Å². The van der Waals surface area contributed by atoms with Crippen LogP contribution < -0.4 is 14.8 Å². The fourth-order valence-electron chi connectivity index (χ4n) is 2.92. The summed E-state index contributed by atoms with van der Waals surface area (Å²) in [4.78, 5) is 33.4. The highest BCUT2D eigenvalue weighted by atomic mass is 16.6. The Morgan fingerprint density at radius 3 is 2.47 bits per heavy atom. The number of carbonyl (C=O) groups excluding carboxylic acids is 1. The van der Waals surface area contributed by atoms with Crippen molar-refractivity contribution in [2.45, 2.75) is 19.9 Å². The lowest BCUT2D eigenvalue weighted by Gasteiger charge is -2.12. The number of amides is 1. The van der Waals surface area contributed by atoms with Crippen molar-refractivity contribution in [3.63, 3.8) is 0 Å². The zero-order chi connectivity index (χ0) is 23.3. The summed E-state index contributed by atoms with van der Waals surface area (Å²) in [6, 6.07) is 10.7. The van der Waals surface area contributed by atoms with E-state index < -0.39 is 15.8 Å².